The predicted octanol–water partition coefficient (Wildman–Crippen LogP) is 2.00. The predicted molar refractivity (Wildman–Crippen MR) is 122 cm³/mol. The molecular weight excluding hydrogens is 471 g/mol. The normalized spacial score (nSPS) is 11.5. The van der Waals surface area contributed by atoms with Crippen LogP contribution in [0.15, 0.2) is 52.5 Å². The van der Waals surface area contributed by atoms with Crippen LogP contribution in [0.25, 0.3) is 0 Å². The minimum absolute atomic E-state index is 0.0485. The Labute approximate surface area is 195 Å². The summed E-state index contributed by atoms with van der Waals surface area (Å²) in [5.74, 6) is 5.31. The molecule has 0 bridgehead atoms. The molecule has 0 atom stereocenters. The first-order chi connectivity index (χ1) is 15.6. The third-order valence-electron chi connectivity index (χ3n) is 4.49. The summed E-state index contributed by atoms with van der Waals surface area (Å²) in [5, 5.41) is 10.7. The second-order valence-corrected chi connectivity index (χ2v) is 10.2. The van der Waals surface area contributed by atoms with Crippen LogP contribution in [0.5, 0.6) is 5.75 Å². The molecule has 0 radical (unpaired) electrons. The number of hydrogen-bond acceptors (Lipinski definition) is 8. The van der Waals surface area contributed by atoms with Crippen LogP contribution in [-0.4, -0.2) is 53.4 Å². The molecule has 0 saturated carbocycles. The van der Waals surface area contributed by atoms with Crippen molar-refractivity contribution in [3.63, 3.8) is 0 Å². The molecule has 1 aromatic heterocycles. The number of para-hydroxylation sites is 1. The maximum absolute atomic E-state index is 13.7. The van der Waals surface area contributed by atoms with E-state index >= 15 is 0 Å². The standard InChI is InChI=1S/C20H23FN6O4S2/c1-13-8-9-14(10-17(13)33(29,30)26(2)3)23-19(28)12-32-20-25-24-18(27(20)22)11-31-16-7-5-4-6-15(16)21/h4-10H,11-12,22H2,1-3H3,(H,23,28). The SMILES string of the molecule is Cc1ccc(NC(=O)CSc2nnc(COc3ccccc3F)n2N)cc1S(=O)(=O)N(C)C. The lowest BCUT2D eigenvalue weighted by Crippen LogP contribution is -2.23. The number of carbonyl (C=O) groups excluding carboxylic acids is 1. The minimum atomic E-state index is -3.65. The molecule has 0 spiro atoms. The van der Waals surface area contributed by atoms with Gasteiger partial charge in [-0.1, -0.05) is 30.0 Å². The molecule has 1 heterocycles. The summed E-state index contributed by atoms with van der Waals surface area (Å²) in [5.41, 5.74) is 0.914. The minimum Gasteiger partial charge on any atom is -0.482 e. The molecule has 0 fully saturated rings. The largest absolute Gasteiger partial charge is 0.482 e. The van der Waals surface area contributed by atoms with Gasteiger partial charge in [0.05, 0.1) is 10.6 Å². The maximum atomic E-state index is 13.7. The number of amides is 1. The van der Waals surface area contributed by atoms with Gasteiger partial charge in [0.25, 0.3) is 0 Å². The number of aromatic nitrogens is 3. The quantitative estimate of drug-likeness (QED) is 0.341. The van der Waals surface area contributed by atoms with Crippen LogP contribution in [0, 0.1) is 12.7 Å². The number of ether oxygens (including phenoxy) is 1. The number of sulfonamides is 1. The first-order valence-electron chi connectivity index (χ1n) is 9.62. The second-order valence-electron chi connectivity index (χ2n) is 7.09. The van der Waals surface area contributed by atoms with Crippen LogP contribution < -0.4 is 15.9 Å². The Morgan fingerprint density at radius 1 is 1.24 bits per heavy atom. The van der Waals surface area contributed by atoms with Crippen molar-refractivity contribution in [1.82, 2.24) is 19.2 Å². The van der Waals surface area contributed by atoms with E-state index in [0.717, 1.165) is 20.7 Å². The number of nitrogens with one attached hydrogen (secondary N) is 1. The highest BCUT2D eigenvalue weighted by Gasteiger charge is 2.20. The molecule has 0 saturated heterocycles. The van der Waals surface area contributed by atoms with Crippen molar-refractivity contribution < 1.29 is 22.3 Å². The monoisotopic (exact) mass is 494 g/mol. The molecule has 3 N–H and O–H groups in total. The fraction of sp³-hybridized carbons (Fsp3) is 0.250. The number of nitrogens with zero attached hydrogens (tertiary/aromatic N) is 4. The molecule has 0 aliphatic heterocycles. The third kappa shape index (κ3) is 5.80. The molecule has 3 aromatic rings. The van der Waals surface area contributed by atoms with Gasteiger partial charge < -0.3 is 15.9 Å². The Morgan fingerprint density at radius 2 is 1.97 bits per heavy atom. The van der Waals surface area contributed by atoms with Crippen LogP contribution in [0.4, 0.5) is 10.1 Å². The molecule has 33 heavy (non-hydrogen) atoms. The zero-order valence-electron chi connectivity index (χ0n) is 18.1. The summed E-state index contributed by atoms with van der Waals surface area (Å²) in [6.07, 6.45) is 0. The Morgan fingerprint density at radius 3 is 2.67 bits per heavy atom. The molecule has 0 aliphatic rings. The number of aryl methyl sites for hydroxylation is 1. The second kappa shape index (κ2) is 10.2. The van der Waals surface area contributed by atoms with Crippen molar-refractivity contribution in [1.29, 1.82) is 0 Å². The van der Waals surface area contributed by atoms with E-state index in [2.05, 4.69) is 15.5 Å². The molecule has 10 nitrogen and oxygen atoms in total. The van der Waals surface area contributed by atoms with Gasteiger partial charge in [-0.2, -0.15) is 0 Å². The fourth-order valence-corrected chi connectivity index (χ4v) is 4.51. The fourth-order valence-electron chi connectivity index (χ4n) is 2.69. The highest BCUT2D eigenvalue weighted by atomic mass is 32.2. The lowest BCUT2D eigenvalue weighted by Gasteiger charge is -2.15. The lowest BCUT2D eigenvalue weighted by molar-refractivity contribution is -0.113. The number of nitrogen functional groups attached to an aromatic ring is 1. The van der Waals surface area contributed by atoms with Gasteiger partial charge in [0.15, 0.2) is 17.4 Å². The van der Waals surface area contributed by atoms with Crippen molar-refractivity contribution >= 4 is 33.4 Å². The first-order valence-corrected chi connectivity index (χ1v) is 12.0. The topological polar surface area (TPSA) is 132 Å². The summed E-state index contributed by atoms with van der Waals surface area (Å²) in [4.78, 5) is 12.5. The number of benzene rings is 2. The summed E-state index contributed by atoms with van der Waals surface area (Å²) >= 11 is 1.03. The van der Waals surface area contributed by atoms with Crippen molar-refractivity contribution in [2.75, 3.05) is 31.0 Å². The molecule has 3 rings (SSSR count). The average Bonchev–Trinajstić information content (AvgIpc) is 3.12. The van der Waals surface area contributed by atoms with Gasteiger partial charge in [-0.3, -0.25) is 4.79 Å². The number of nitrogens with two attached hydrogens (primary N) is 1. The summed E-state index contributed by atoms with van der Waals surface area (Å²) in [6.45, 7) is 1.57. The number of rotatable bonds is 9. The van der Waals surface area contributed by atoms with Crippen LogP contribution in [0.1, 0.15) is 11.4 Å². The smallest absolute Gasteiger partial charge is 0.242 e. The van der Waals surface area contributed by atoms with E-state index in [1.165, 1.54) is 32.3 Å². The summed E-state index contributed by atoms with van der Waals surface area (Å²) < 4.78 is 46.2. The number of carbonyl (C=O) groups is 1. The van der Waals surface area contributed by atoms with Gasteiger partial charge in [-0.15, -0.1) is 10.2 Å². The molecule has 2 aromatic carbocycles. The highest BCUT2D eigenvalue weighted by molar-refractivity contribution is 7.99. The van der Waals surface area contributed by atoms with Gasteiger partial charge in [0, 0.05) is 19.8 Å². The van der Waals surface area contributed by atoms with Gasteiger partial charge in [-0.25, -0.2) is 21.8 Å². The number of thioether (sulfide) groups is 1. The van der Waals surface area contributed by atoms with Gasteiger partial charge in [0.1, 0.15) is 6.61 Å². The van der Waals surface area contributed by atoms with Crippen molar-refractivity contribution in [3.8, 4) is 5.75 Å². The number of anilines is 1. The first kappa shape index (κ1) is 24.5. The highest BCUT2D eigenvalue weighted by Crippen LogP contribution is 2.23. The van der Waals surface area contributed by atoms with E-state index < -0.39 is 15.8 Å². The molecule has 0 unspecified atom stereocenters. The molecular formula is C20H23FN6O4S2. The lowest BCUT2D eigenvalue weighted by atomic mass is 10.2. The Bertz CT molecular complexity index is 1260. The molecule has 13 heteroatoms. The maximum Gasteiger partial charge on any atom is 0.242 e. The zero-order valence-corrected chi connectivity index (χ0v) is 19.8. The number of hydrogen-bond donors (Lipinski definition) is 2. The van der Waals surface area contributed by atoms with Crippen LogP contribution >= 0.6 is 11.8 Å². The van der Waals surface area contributed by atoms with Crippen molar-refractivity contribution in [3.05, 3.63) is 59.7 Å². The Kier molecular flexibility index (Phi) is 7.56. The molecule has 0 aliphatic carbocycles. The van der Waals surface area contributed by atoms with E-state index in [4.69, 9.17) is 10.6 Å². The molecule has 176 valence electrons. The van der Waals surface area contributed by atoms with Crippen LogP contribution in [-0.2, 0) is 21.4 Å². The van der Waals surface area contributed by atoms with Gasteiger partial charge in [0.2, 0.25) is 21.1 Å². The van der Waals surface area contributed by atoms with Gasteiger partial charge in [-0.05, 0) is 36.8 Å². The van der Waals surface area contributed by atoms with E-state index in [9.17, 15) is 17.6 Å². The van der Waals surface area contributed by atoms with E-state index in [0.29, 0.717) is 11.3 Å². The number of halogens is 1. The van der Waals surface area contributed by atoms with Crippen LogP contribution in [0.3, 0.4) is 0 Å². The van der Waals surface area contributed by atoms with E-state index in [1.807, 2.05) is 0 Å². The third-order valence-corrected chi connectivity index (χ3v) is 7.39. The summed E-state index contributed by atoms with van der Waals surface area (Å²) in [7, 11) is -0.769. The van der Waals surface area contributed by atoms with Gasteiger partial charge >= 0.3 is 0 Å². The Balaban J connectivity index is 1.60. The van der Waals surface area contributed by atoms with E-state index in [-0.39, 0.29) is 39.9 Å². The average molecular weight is 495 g/mol. The van der Waals surface area contributed by atoms with Crippen molar-refractivity contribution in [2.24, 2.45) is 0 Å². The van der Waals surface area contributed by atoms with Crippen LogP contribution in [0.2, 0.25) is 0 Å². The Hall–Kier alpha value is -3.16. The van der Waals surface area contributed by atoms with E-state index in [1.54, 1.807) is 31.2 Å². The zero-order chi connectivity index (χ0) is 24.2. The van der Waals surface area contributed by atoms with Crippen molar-refractivity contribution in [2.45, 2.75) is 23.6 Å². The summed E-state index contributed by atoms with van der Waals surface area (Å²) in [6, 6.07) is 10.6. The molecule has 1 amide bonds.